The number of rotatable bonds is 3. The van der Waals surface area contributed by atoms with Gasteiger partial charge in [-0.1, -0.05) is 23.8 Å². The molecule has 1 fully saturated rings. The molecule has 2 heteroatoms. The quantitative estimate of drug-likeness (QED) is 0.836. The van der Waals surface area contributed by atoms with Gasteiger partial charge in [-0.25, -0.2) is 0 Å². The van der Waals surface area contributed by atoms with Crippen molar-refractivity contribution in [2.24, 2.45) is 0 Å². The molecule has 2 nitrogen and oxygen atoms in total. The van der Waals surface area contributed by atoms with Gasteiger partial charge in [-0.3, -0.25) is 4.90 Å². The average Bonchev–Trinajstić information content (AvgIpc) is 2.71. The van der Waals surface area contributed by atoms with Gasteiger partial charge in [0.2, 0.25) is 0 Å². The molecule has 1 saturated heterocycles. The Labute approximate surface area is 98.7 Å². The summed E-state index contributed by atoms with van der Waals surface area (Å²) in [5.74, 6) is 0. The minimum atomic E-state index is 0.685. The van der Waals surface area contributed by atoms with Crippen molar-refractivity contribution in [2.45, 2.75) is 32.9 Å². The van der Waals surface area contributed by atoms with Crippen LogP contribution < -0.4 is 5.32 Å². The molecule has 1 aromatic carbocycles. The first-order valence-electron chi connectivity index (χ1n) is 6.15. The van der Waals surface area contributed by atoms with Crippen LogP contribution in [0.15, 0.2) is 18.2 Å². The number of likely N-dealkylation sites (tertiary alicyclic amines) is 1. The fourth-order valence-electron chi connectivity index (χ4n) is 2.42. The lowest BCUT2D eigenvalue weighted by Crippen LogP contribution is -2.29. The zero-order valence-corrected chi connectivity index (χ0v) is 10.6. The Hall–Kier alpha value is -0.860. The molecular formula is C14H22N2. The summed E-state index contributed by atoms with van der Waals surface area (Å²) >= 11 is 0. The molecule has 0 spiro atoms. The van der Waals surface area contributed by atoms with E-state index in [4.69, 9.17) is 0 Å². The number of benzene rings is 1. The van der Waals surface area contributed by atoms with Crippen LogP contribution >= 0.6 is 0 Å². The van der Waals surface area contributed by atoms with Crippen molar-refractivity contribution in [3.05, 3.63) is 34.9 Å². The molecule has 1 aliphatic heterocycles. The van der Waals surface area contributed by atoms with E-state index < -0.39 is 0 Å². The van der Waals surface area contributed by atoms with Crippen LogP contribution in [0.3, 0.4) is 0 Å². The minimum absolute atomic E-state index is 0.685. The second-order valence-corrected chi connectivity index (χ2v) is 4.94. The van der Waals surface area contributed by atoms with E-state index in [2.05, 4.69) is 49.3 Å². The molecule has 2 rings (SSSR count). The van der Waals surface area contributed by atoms with Crippen LogP contribution in [0, 0.1) is 13.8 Å². The highest BCUT2D eigenvalue weighted by molar-refractivity contribution is 5.30. The monoisotopic (exact) mass is 218 g/mol. The lowest BCUT2D eigenvalue weighted by molar-refractivity contribution is 0.321. The number of likely N-dealkylation sites (N-methyl/N-ethyl adjacent to an activating group) is 1. The maximum absolute atomic E-state index is 3.36. The van der Waals surface area contributed by atoms with Gasteiger partial charge in [-0.15, -0.1) is 0 Å². The second-order valence-electron chi connectivity index (χ2n) is 4.94. The van der Waals surface area contributed by atoms with Crippen LogP contribution in [0.1, 0.15) is 23.1 Å². The van der Waals surface area contributed by atoms with E-state index >= 15 is 0 Å². The molecule has 88 valence electrons. The van der Waals surface area contributed by atoms with Crippen LogP contribution in [0.25, 0.3) is 0 Å². The van der Waals surface area contributed by atoms with Crippen molar-refractivity contribution in [1.82, 2.24) is 10.2 Å². The van der Waals surface area contributed by atoms with Crippen molar-refractivity contribution in [3.63, 3.8) is 0 Å². The highest BCUT2D eigenvalue weighted by Gasteiger charge is 2.20. The molecule has 1 atom stereocenters. The Bertz CT molecular complexity index is 360. The van der Waals surface area contributed by atoms with Gasteiger partial charge in [-0.2, -0.15) is 0 Å². The van der Waals surface area contributed by atoms with E-state index in [0.29, 0.717) is 6.04 Å². The van der Waals surface area contributed by atoms with Crippen LogP contribution in [0.2, 0.25) is 0 Å². The first kappa shape index (κ1) is 11.6. The lowest BCUT2D eigenvalue weighted by atomic mass is 10.1. The molecule has 1 N–H and O–H groups in total. The van der Waals surface area contributed by atoms with Crippen molar-refractivity contribution >= 4 is 0 Å². The fraction of sp³-hybridized carbons (Fsp3) is 0.571. The number of nitrogens with zero attached hydrogens (tertiary/aromatic N) is 1. The van der Waals surface area contributed by atoms with Crippen LogP contribution in [0.4, 0.5) is 0 Å². The first-order valence-corrected chi connectivity index (χ1v) is 6.15. The Morgan fingerprint density at radius 2 is 2.19 bits per heavy atom. The van der Waals surface area contributed by atoms with Gasteiger partial charge in [0.1, 0.15) is 0 Å². The maximum Gasteiger partial charge on any atom is 0.0237 e. The molecule has 1 aliphatic rings. The molecule has 1 aromatic rings. The molecular weight excluding hydrogens is 196 g/mol. The Morgan fingerprint density at radius 1 is 1.38 bits per heavy atom. The van der Waals surface area contributed by atoms with E-state index in [9.17, 15) is 0 Å². The molecule has 0 amide bonds. The van der Waals surface area contributed by atoms with E-state index in [1.807, 2.05) is 0 Å². The van der Waals surface area contributed by atoms with Crippen molar-refractivity contribution in [3.8, 4) is 0 Å². The summed E-state index contributed by atoms with van der Waals surface area (Å²) in [4.78, 5) is 2.54. The van der Waals surface area contributed by atoms with E-state index in [1.165, 1.54) is 36.2 Å². The van der Waals surface area contributed by atoms with Gasteiger partial charge in [-0.05, 0) is 38.4 Å². The fourth-order valence-corrected chi connectivity index (χ4v) is 2.42. The van der Waals surface area contributed by atoms with Gasteiger partial charge in [0.05, 0.1) is 0 Å². The van der Waals surface area contributed by atoms with Gasteiger partial charge < -0.3 is 5.32 Å². The van der Waals surface area contributed by atoms with Gasteiger partial charge in [0, 0.05) is 25.7 Å². The Morgan fingerprint density at radius 3 is 2.88 bits per heavy atom. The molecule has 1 unspecified atom stereocenters. The van der Waals surface area contributed by atoms with Gasteiger partial charge >= 0.3 is 0 Å². The van der Waals surface area contributed by atoms with Crippen LogP contribution in [-0.4, -0.2) is 31.1 Å². The molecule has 0 aliphatic carbocycles. The number of aryl methyl sites for hydroxylation is 2. The molecule has 0 bridgehead atoms. The second kappa shape index (κ2) is 4.98. The summed E-state index contributed by atoms with van der Waals surface area (Å²) in [6.45, 7) is 7.89. The number of hydrogen-bond acceptors (Lipinski definition) is 2. The maximum atomic E-state index is 3.36. The molecule has 0 saturated carbocycles. The number of nitrogens with one attached hydrogen (secondary N) is 1. The third-order valence-corrected chi connectivity index (χ3v) is 3.58. The topological polar surface area (TPSA) is 15.3 Å². The third-order valence-electron chi connectivity index (χ3n) is 3.58. The largest absolute Gasteiger partial charge is 0.316 e. The minimum Gasteiger partial charge on any atom is -0.316 e. The van der Waals surface area contributed by atoms with Crippen molar-refractivity contribution in [2.75, 3.05) is 20.1 Å². The van der Waals surface area contributed by atoms with Gasteiger partial charge in [0.25, 0.3) is 0 Å². The Balaban J connectivity index is 2.01. The predicted octanol–water partition coefficient (Wildman–Crippen LogP) is 2.10. The van der Waals surface area contributed by atoms with Crippen molar-refractivity contribution < 1.29 is 0 Å². The first-order chi connectivity index (χ1) is 7.69. The summed E-state index contributed by atoms with van der Waals surface area (Å²) in [5.41, 5.74) is 4.26. The lowest BCUT2D eigenvalue weighted by Gasteiger charge is -2.17. The molecule has 16 heavy (non-hydrogen) atoms. The standard InChI is InChI=1S/C14H22N2/c1-11-4-5-12(2)13(8-11)9-16-7-6-14(10-16)15-3/h4-5,8,14-15H,6-7,9-10H2,1-3H3. The van der Waals surface area contributed by atoms with E-state index in [0.717, 1.165) is 6.54 Å². The summed E-state index contributed by atoms with van der Waals surface area (Å²) < 4.78 is 0. The summed E-state index contributed by atoms with van der Waals surface area (Å²) in [5, 5.41) is 3.36. The van der Waals surface area contributed by atoms with Crippen LogP contribution in [-0.2, 0) is 6.54 Å². The zero-order valence-electron chi connectivity index (χ0n) is 10.6. The van der Waals surface area contributed by atoms with Gasteiger partial charge in [0.15, 0.2) is 0 Å². The summed E-state index contributed by atoms with van der Waals surface area (Å²) in [7, 11) is 2.06. The van der Waals surface area contributed by atoms with Crippen molar-refractivity contribution in [1.29, 1.82) is 0 Å². The smallest absolute Gasteiger partial charge is 0.0237 e. The van der Waals surface area contributed by atoms with E-state index in [1.54, 1.807) is 0 Å². The normalized spacial score (nSPS) is 21.6. The highest BCUT2D eigenvalue weighted by atomic mass is 15.2. The number of hydrogen-bond donors (Lipinski definition) is 1. The Kier molecular flexibility index (Phi) is 3.62. The summed E-state index contributed by atoms with van der Waals surface area (Å²) in [6, 6.07) is 7.43. The third kappa shape index (κ3) is 2.63. The average molecular weight is 218 g/mol. The zero-order chi connectivity index (χ0) is 11.5. The molecule has 0 aromatic heterocycles. The predicted molar refractivity (Wildman–Crippen MR) is 68.7 cm³/mol. The SMILES string of the molecule is CNC1CCN(Cc2cc(C)ccc2C)C1. The molecule has 1 heterocycles. The highest BCUT2D eigenvalue weighted by Crippen LogP contribution is 2.17. The summed E-state index contributed by atoms with van der Waals surface area (Å²) in [6.07, 6.45) is 1.28. The molecule has 0 radical (unpaired) electrons. The van der Waals surface area contributed by atoms with E-state index in [-0.39, 0.29) is 0 Å². The van der Waals surface area contributed by atoms with Crippen LogP contribution in [0.5, 0.6) is 0 Å².